The minimum atomic E-state index is 0.642. The Morgan fingerprint density at radius 2 is 1.67 bits per heavy atom. The molecule has 0 aromatic heterocycles. The molecule has 0 aliphatic rings. The minimum absolute atomic E-state index is 0.642. The van der Waals surface area contributed by atoms with Crippen LogP contribution in [0.25, 0.3) is 0 Å². The molecule has 0 saturated heterocycles. The van der Waals surface area contributed by atoms with Gasteiger partial charge in [-0.1, -0.05) is 13.0 Å². The lowest BCUT2D eigenvalue weighted by Gasteiger charge is -2.12. The van der Waals surface area contributed by atoms with Gasteiger partial charge >= 0.3 is 0 Å². The lowest BCUT2D eigenvalue weighted by Crippen LogP contribution is -2.20. The maximum atomic E-state index is 5.63. The van der Waals surface area contributed by atoms with Gasteiger partial charge in [-0.15, -0.1) is 0 Å². The van der Waals surface area contributed by atoms with E-state index in [-0.39, 0.29) is 0 Å². The minimum Gasteiger partial charge on any atom is -0.490 e. The van der Waals surface area contributed by atoms with Gasteiger partial charge in [-0.05, 0) is 50.9 Å². The summed E-state index contributed by atoms with van der Waals surface area (Å²) in [5.74, 6) is 1.63. The van der Waals surface area contributed by atoms with E-state index in [1.165, 1.54) is 5.56 Å². The first-order chi connectivity index (χ1) is 10.3. The molecular formula is C17H29NO3. The monoisotopic (exact) mass is 295 g/mol. The molecule has 4 nitrogen and oxygen atoms in total. The highest BCUT2D eigenvalue weighted by Crippen LogP contribution is 2.28. The van der Waals surface area contributed by atoms with Gasteiger partial charge in [0.25, 0.3) is 0 Å². The van der Waals surface area contributed by atoms with Crippen molar-refractivity contribution in [2.24, 2.45) is 0 Å². The molecule has 0 radical (unpaired) electrons. The molecule has 0 heterocycles. The van der Waals surface area contributed by atoms with Crippen LogP contribution in [0.1, 0.15) is 32.8 Å². The fraction of sp³-hybridized carbons (Fsp3) is 0.647. The fourth-order valence-electron chi connectivity index (χ4n) is 1.99. The summed E-state index contributed by atoms with van der Waals surface area (Å²) in [7, 11) is 0. The van der Waals surface area contributed by atoms with Gasteiger partial charge in [0.1, 0.15) is 0 Å². The second-order valence-corrected chi connectivity index (χ2v) is 4.76. The van der Waals surface area contributed by atoms with Crippen molar-refractivity contribution < 1.29 is 14.2 Å². The largest absolute Gasteiger partial charge is 0.490 e. The van der Waals surface area contributed by atoms with Gasteiger partial charge in [-0.2, -0.15) is 0 Å². The Morgan fingerprint density at radius 1 is 0.905 bits per heavy atom. The molecule has 0 aliphatic heterocycles. The highest BCUT2D eigenvalue weighted by atomic mass is 16.5. The molecule has 0 atom stereocenters. The van der Waals surface area contributed by atoms with E-state index in [0.717, 1.165) is 50.6 Å². The van der Waals surface area contributed by atoms with Crippen LogP contribution >= 0.6 is 0 Å². The summed E-state index contributed by atoms with van der Waals surface area (Å²) in [6.07, 6.45) is 2.05. The van der Waals surface area contributed by atoms with Crippen molar-refractivity contribution in [2.75, 3.05) is 39.5 Å². The molecule has 0 aliphatic carbocycles. The van der Waals surface area contributed by atoms with Crippen LogP contribution in [0.15, 0.2) is 18.2 Å². The average Bonchev–Trinajstić information content (AvgIpc) is 2.49. The van der Waals surface area contributed by atoms with E-state index in [2.05, 4.69) is 18.3 Å². The van der Waals surface area contributed by atoms with Crippen LogP contribution in [-0.4, -0.2) is 39.5 Å². The summed E-state index contributed by atoms with van der Waals surface area (Å²) in [6, 6.07) is 6.10. The average molecular weight is 295 g/mol. The number of benzene rings is 1. The third-order valence-electron chi connectivity index (χ3n) is 2.99. The van der Waals surface area contributed by atoms with E-state index in [0.29, 0.717) is 13.2 Å². The zero-order valence-electron chi connectivity index (χ0n) is 13.6. The zero-order valence-corrected chi connectivity index (χ0v) is 13.6. The maximum absolute atomic E-state index is 5.63. The second kappa shape index (κ2) is 11.4. The van der Waals surface area contributed by atoms with Crippen molar-refractivity contribution in [1.29, 1.82) is 0 Å². The van der Waals surface area contributed by atoms with Crippen molar-refractivity contribution in [2.45, 2.75) is 33.6 Å². The number of nitrogens with one attached hydrogen (secondary N) is 1. The summed E-state index contributed by atoms with van der Waals surface area (Å²) in [4.78, 5) is 0. The number of hydrogen-bond acceptors (Lipinski definition) is 4. The van der Waals surface area contributed by atoms with Crippen molar-refractivity contribution in [3.05, 3.63) is 23.8 Å². The third-order valence-corrected chi connectivity index (χ3v) is 2.99. The number of hydrogen-bond donors (Lipinski definition) is 1. The molecule has 0 saturated carbocycles. The van der Waals surface area contributed by atoms with E-state index < -0.39 is 0 Å². The summed E-state index contributed by atoms with van der Waals surface area (Å²) in [5.41, 5.74) is 1.21. The van der Waals surface area contributed by atoms with Crippen molar-refractivity contribution in [3.63, 3.8) is 0 Å². The number of rotatable bonds is 12. The third kappa shape index (κ3) is 7.34. The zero-order chi connectivity index (χ0) is 15.3. The highest BCUT2D eigenvalue weighted by molar-refractivity contribution is 5.43. The van der Waals surface area contributed by atoms with Crippen molar-refractivity contribution >= 4 is 0 Å². The topological polar surface area (TPSA) is 39.7 Å². The first kappa shape index (κ1) is 17.8. The molecule has 0 unspecified atom stereocenters. The van der Waals surface area contributed by atoms with Crippen LogP contribution < -0.4 is 14.8 Å². The Bertz CT molecular complexity index is 382. The molecule has 1 N–H and O–H groups in total. The maximum Gasteiger partial charge on any atom is 0.161 e. The fourth-order valence-corrected chi connectivity index (χ4v) is 1.99. The van der Waals surface area contributed by atoms with Crippen LogP contribution in [-0.2, 0) is 11.2 Å². The molecule has 0 amide bonds. The summed E-state index contributed by atoms with van der Waals surface area (Å²) in [5, 5.41) is 3.32. The van der Waals surface area contributed by atoms with Crippen molar-refractivity contribution in [3.8, 4) is 11.5 Å². The van der Waals surface area contributed by atoms with Crippen LogP contribution in [0.4, 0.5) is 0 Å². The predicted molar refractivity (Wildman–Crippen MR) is 86.5 cm³/mol. The van der Waals surface area contributed by atoms with E-state index >= 15 is 0 Å². The standard InChI is InChI=1S/C17H29NO3/c1-4-10-18-11-13-19-12-9-15-7-8-16(20-5-2)17(14-15)21-6-3/h7-8,14,18H,4-6,9-13H2,1-3H3. The molecule has 120 valence electrons. The summed E-state index contributed by atoms with van der Waals surface area (Å²) < 4.78 is 16.8. The summed E-state index contributed by atoms with van der Waals surface area (Å²) >= 11 is 0. The SMILES string of the molecule is CCCNCCOCCc1ccc(OCC)c(OCC)c1. The molecule has 0 fully saturated rings. The van der Waals surface area contributed by atoms with Gasteiger partial charge in [0.05, 0.1) is 26.4 Å². The molecule has 0 spiro atoms. The van der Waals surface area contributed by atoms with Gasteiger partial charge in [0.15, 0.2) is 11.5 Å². The molecule has 1 aromatic carbocycles. The van der Waals surface area contributed by atoms with Crippen LogP contribution in [0.5, 0.6) is 11.5 Å². The predicted octanol–water partition coefficient (Wildman–Crippen LogP) is 3.04. The van der Waals surface area contributed by atoms with Gasteiger partial charge in [0, 0.05) is 6.54 Å². The van der Waals surface area contributed by atoms with Gasteiger partial charge in [0.2, 0.25) is 0 Å². The van der Waals surface area contributed by atoms with Gasteiger partial charge < -0.3 is 19.5 Å². The van der Waals surface area contributed by atoms with Gasteiger partial charge in [-0.3, -0.25) is 0 Å². The van der Waals surface area contributed by atoms with Gasteiger partial charge in [-0.25, -0.2) is 0 Å². The molecule has 21 heavy (non-hydrogen) atoms. The second-order valence-electron chi connectivity index (χ2n) is 4.76. The van der Waals surface area contributed by atoms with Crippen molar-refractivity contribution in [1.82, 2.24) is 5.32 Å². The molecule has 4 heteroatoms. The normalized spacial score (nSPS) is 10.6. The lowest BCUT2D eigenvalue weighted by molar-refractivity contribution is 0.139. The number of ether oxygens (including phenoxy) is 3. The van der Waals surface area contributed by atoms with E-state index in [1.54, 1.807) is 0 Å². The van der Waals surface area contributed by atoms with Crippen LogP contribution in [0.2, 0.25) is 0 Å². The van der Waals surface area contributed by atoms with Crippen LogP contribution in [0.3, 0.4) is 0 Å². The first-order valence-corrected chi connectivity index (χ1v) is 7.98. The Balaban J connectivity index is 2.35. The Kier molecular flexibility index (Phi) is 9.66. The highest BCUT2D eigenvalue weighted by Gasteiger charge is 2.06. The lowest BCUT2D eigenvalue weighted by atomic mass is 10.1. The quantitative estimate of drug-likeness (QED) is 0.602. The van der Waals surface area contributed by atoms with Crippen LogP contribution in [0, 0.1) is 0 Å². The van der Waals surface area contributed by atoms with E-state index in [9.17, 15) is 0 Å². The molecule has 0 bridgehead atoms. The molecular weight excluding hydrogens is 266 g/mol. The first-order valence-electron chi connectivity index (χ1n) is 7.98. The Hall–Kier alpha value is -1.26. The smallest absolute Gasteiger partial charge is 0.161 e. The Labute approximate surface area is 128 Å². The molecule has 1 rings (SSSR count). The van der Waals surface area contributed by atoms with E-state index in [4.69, 9.17) is 14.2 Å². The Morgan fingerprint density at radius 3 is 2.38 bits per heavy atom. The molecule has 1 aromatic rings. The van der Waals surface area contributed by atoms with E-state index in [1.807, 2.05) is 26.0 Å². The summed E-state index contributed by atoms with van der Waals surface area (Å²) in [6.45, 7) is 10.9.